The lowest BCUT2D eigenvalue weighted by Gasteiger charge is -2.14. The van der Waals surface area contributed by atoms with Crippen LogP contribution in [0.25, 0.3) is 0 Å². The molecule has 2 heterocycles. The van der Waals surface area contributed by atoms with Gasteiger partial charge in [0.1, 0.15) is 5.82 Å². The van der Waals surface area contributed by atoms with Gasteiger partial charge in [-0.15, -0.1) is 0 Å². The Kier molecular flexibility index (Phi) is 3.01. The number of aromatic nitrogens is 2. The molecule has 0 aliphatic carbocycles. The van der Waals surface area contributed by atoms with Gasteiger partial charge in [-0.05, 0) is 12.5 Å². The molecule has 1 aromatic rings. The molecule has 0 amide bonds. The summed E-state index contributed by atoms with van der Waals surface area (Å²) < 4.78 is 5.29. The molecule has 15 heavy (non-hydrogen) atoms. The van der Waals surface area contributed by atoms with E-state index in [1.54, 1.807) is 6.20 Å². The third kappa shape index (κ3) is 2.56. The Morgan fingerprint density at radius 2 is 2.40 bits per heavy atom. The highest BCUT2D eigenvalue weighted by Crippen LogP contribution is 2.13. The van der Waals surface area contributed by atoms with Crippen LogP contribution in [0.2, 0.25) is 0 Å². The Labute approximate surface area is 89.5 Å². The van der Waals surface area contributed by atoms with Crippen molar-refractivity contribution in [3.05, 3.63) is 12.3 Å². The van der Waals surface area contributed by atoms with Gasteiger partial charge in [0, 0.05) is 26.9 Å². The lowest BCUT2D eigenvalue weighted by Crippen LogP contribution is -2.21. The van der Waals surface area contributed by atoms with E-state index >= 15 is 0 Å². The van der Waals surface area contributed by atoms with Crippen molar-refractivity contribution in [1.29, 1.82) is 0 Å². The first kappa shape index (κ1) is 10.2. The van der Waals surface area contributed by atoms with Gasteiger partial charge in [-0.25, -0.2) is 4.98 Å². The molecule has 2 rings (SSSR count). The molecular formula is C10H16N4O. The Hall–Kier alpha value is -1.36. The van der Waals surface area contributed by atoms with Crippen molar-refractivity contribution in [3.8, 4) is 0 Å². The van der Waals surface area contributed by atoms with Gasteiger partial charge in [0.15, 0.2) is 0 Å². The van der Waals surface area contributed by atoms with E-state index in [4.69, 9.17) is 4.74 Å². The molecule has 1 fully saturated rings. The molecule has 5 heteroatoms. The summed E-state index contributed by atoms with van der Waals surface area (Å²) in [6.07, 6.45) is 2.81. The average Bonchev–Trinajstić information content (AvgIpc) is 2.71. The van der Waals surface area contributed by atoms with Gasteiger partial charge in [-0.1, -0.05) is 0 Å². The van der Waals surface area contributed by atoms with E-state index in [1.807, 2.05) is 25.1 Å². The highest BCUT2D eigenvalue weighted by atomic mass is 16.5. The first-order valence-corrected chi connectivity index (χ1v) is 5.10. The van der Waals surface area contributed by atoms with E-state index in [1.165, 1.54) is 0 Å². The molecule has 0 bridgehead atoms. The van der Waals surface area contributed by atoms with Gasteiger partial charge in [0.25, 0.3) is 0 Å². The fourth-order valence-electron chi connectivity index (χ4n) is 1.50. The van der Waals surface area contributed by atoms with Crippen LogP contribution in [0.5, 0.6) is 0 Å². The van der Waals surface area contributed by atoms with E-state index in [0.29, 0.717) is 6.04 Å². The Balaban J connectivity index is 2.04. The summed E-state index contributed by atoms with van der Waals surface area (Å²) in [5.41, 5.74) is 0. The van der Waals surface area contributed by atoms with E-state index in [0.717, 1.165) is 31.4 Å². The van der Waals surface area contributed by atoms with Crippen molar-refractivity contribution in [3.63, 3.8) is 0 Å². The maximum atomic E-state index is 5.29. The molecule has 1 saturated heterocycles. The van der Waals surface area contributed by atoms with Gasteiger partial charge in [-0.3, -0.25) is 0 Å². The molecule has 1 atom stereocenters. The minimum Gasteiger partial charge on any atom is -0.379 e. The summed E-state index contributed by atoms with van der Waals surface area (Å²) in [7, 11) is 3.86. The number of rotatable bonds is 3. The van der Waals surface area contributed by atoms with E-state index in [9.17, 15) is 0 Å². The number of ether oxygens (including phenoxy) is 1. The number of nitrogens with one attached hydrogen (secondary N) is 1. The molecule has 1 N–H and O–H groups in total. The molecule has 0 radical (unpaired) electrons. The number of hydrogen-bond acceptors (Lipinski definition) is 5. The van der Waals surface area contributed by atoms with Crippen molar-refractivity contribution in [2.24, 2.45) is 0 Å². The predicted octanol–water partition coefficient (Wildman–Crippen LogP) is 0.743. The van der Waals surface area contributed by atoms with Gasteiger partial charge < -0.3 is 15.0 Å². The van der Waals surface area contributed by atoms with Crippen LogP contribution >= 0.6 is 0 Å². The molecule has 0 aromatic carbocycles. The fraction of sp³-hybridized carbons (Fsp3) is 0.600. The van der Waals surface area contributed by atoms with E-state index in [2.05, 4.69) is 15.3 Å². The fourth-order valence-corrected chi connectivity index (χ4v) is 1.50. The first-order valence-electron chi connectivity index (χ1n) is 5.10. The largest absolute Gasteiger partial charge is 0.379 e. The Morgan fingerprint density at radius 1 is 1.53 bits per heavy atom. The van der Waals surface area contributed by atoms with Crippen LogP contribution in [0.4, 0.5) is 11.8 Å². The van der Waals surface area contributed by atoms with Crippen molar-refractivity contribution >= 4 is 11.8 Å². The maximum Gasteiger partial charge on any atom is 0.226 e. The minimum absolute atomic E-state index is 0.384. The SMILES string of the molecule is CN(C)c1nccc(NC2CCOC2)n1. The van der Waals surface area contributed by atoms with Crippen molar-refractivity contribution in [2.45, 2.75) is 12.5 Å². The highest BCUT2D eigenvalue weighted by Gasteiger charge is 2.15. The molecule has 5 nitrogen and oxygen atoms in total. The zero-order valence-electron chi connectivity index (χ0n) is 9.10. The van der Waals surface area contributed by atoms with Crippen LogP contribution in [0.1, 0.15) is 6.42 Å². The monoisotopic (exact) mass is 208 g/mol. The highest BCUT2D eigenvalue weighted by molar-refractivity contribution is 5.41. The molecule has 0 saturated carbocycles. The Bertz CT molecular complexity index is 323. The van der Waals surface area contributed by atoms with Crippen LogP contribution in [-0.4, -0.2) is 43.3 Å². The van der Waals surface area contributed by atoms with Crippen LogP contribution in [-0.2, 0) is 4.74 Å². The summed E-state index contributed by atoms with van der Waals surface area (Å²) in [5.74, 6) is 1.59. The predicted molar refractivity (Wildman–Crippen MR) is 59.2 cm³/mol. The number of anilines is 2. The molecular weight excluding hydrogens is 192 g/mol. The molecule has 0 spiro atoms. The zero-order chi connectivity index (χ0) is 10.7. The zero-order valence-corrected chi connectivity index (χ0v) is 9.10. The minimum atomic E-state index is 0.384. The second-order valence-corrected chi connectivity index (χ2v) is 3.84. The third-order valence-electron chi connectivity index (χ3n) is 2.32. The molecule has 1 aliphatic rings. The summed E-state index contributed by atoms with van der Waals surface area (Å²) >= 11 is 0. The number of hydrogen-bond donors (Lipinski definition) is 1. The summed E-state index contributed by atoms with van der Waals surface area (Å²) in [5, 5.41) is 3.33. The van der Waals surface area contributed by atoms with E-state index < -0.39 is 0 Å². The maximum absolute atomic E-state index is 5.29. The lowest BCUT2D eigenvalue weighted by atomic mass is 10.2. The molecule has 1 aliphatic heterocycles. The van der Waals surface area contributed by atoms with Gasteiger partial charge in [0.05, 0.1) is 12.6 Å². The second-order valence-electron chi connectivity index (χ2n) is 3.84. The summed E-state index contributed by atoms with van der Waals surface area (Å²) in [6, 6.07) is 2.26. The van der Waals surface area contributed by atoms with Crippen molar-refractivity contribution in [2.75, 3.05) is 37.5 Å². The third-order valence-corrected chi connectivity index (χ3v) is 2.32. The smallest absolute Gasteiger partial charge is 0.226 e. The lowest BCUT2D eigenvalue weighted by molar-refractivity contribution is 0.195. The topological polar surface area (TPSA) is 50.3 Å². The van der Waals surface area contributed by atoms with Crippen LogP contribution in [0.3, 0.4) is 0 Å². The Morgan fingerprint density at radius 3 is 3.07 bits per heavy atom. The van der Waals surface area contributed by atoms with Gasteiger partial charge in [-0.2, -0.15) is 4.98 Å². The van der Waals surface area contributed by atoms with Gasteiger partial charge >= 0.3 is 0 Å². The van der Waals surface area contributed by atoms with E-state index in [-0.39, 0.29) is 0 Å². The van der Waals surface area contributed by atoms with Crippen molar-refractivity contribution < 1.29 is 4.74 Å². The standard InChI is InChI=1S/C10H16N4O/c1-14(2)10-11-5-3-9(13-10)12-8-4-6-15-7-8/h3,5,8H,4,6-7H2,1-2H3,(H,11,12,13). The van der Waals surface area contributed by atoms with Crippen LogP contribution in [0.15, 0.2) is 12.3 Å². The summed E-state index contributed by atoms with van der Waals surface area (Å²) in [4.78, 5) is 10.4. The van der Waals surface area contributed by atoms with Crippen LogP contribution in [0, 0.1) is 0 Å². The van der Waals surface area contributed by atoms with Crippen LogP contribution < -0.4 is 10.2 Å². The molecule has 1 unspecified atom stereocenters. The average molecular weight is 208 g/mol. The molecule has 82 valence electrons. The second kappa shape index (κ2) is 4.44. The quantitative estimate of drug-likeness (QED) is 0.794. The van der Waals surface area contributed by atoms with Crippen molar-refractivity contribution in [1.82, 2.24) is 9.97 Å². The number of nitrogens with zero attached hydrogens (tertiary/aromatic N) is 3. The molecule has 1 aromatic heterocycles. The normalized spacial score (nSPS) is 20.3. The summed E-state index contributed by atoms with van der Waals surface area (Å²) in [6.45, 7) is 1.60. The first-order chi connectivity index (χ1) is 7.25. The van der Waals surface area contributed by atoms with Gasteiger partial charge in [0.2, 0.25) is 5.95 Å².